The third-order valence-corrected chi connectivity index (χ3v) is 5.45. The highest BCUT2D eigenvalue weighted by atomic mass is 16.5. The van der Waals surface area contributed by atoms with Crippen molar-refractivity contribution in [3.05, 3.63) is 90.5 Å². The van der Waals surface area contributed by atoms with E-state index in [1.54, 1.807) is 6.92 Å². The van der Waals surface area contributed by atoms with Crippen LogP contribution in [-0.2, 0) is 4.74 Å². The van der Waals surface area contributed by atoms with Gasteiger partial charge in [0.05, 0.1) is 13.2 Å². The summed E-state index contributed by atoms with van der Waals surface area (Å²) in [5, 5.41) is 12.2. The number of hydrogen-bond donors (Lipinski definition) is 1. The zero-order valence-electron chi connectivity index (χ0n) is 20.0. The number of nitrogens with zero attached hydrogens (tertiary/aromatic N) is 2. The minimum atomic E-state index is -0.458. The van der Waals surface area contributed by atoms with Gasteiger partial charge in [-0.25, -0.2) is 4.79 Å². The van der Waals surface area contributed by atoms with Crippen LogP contribution in [0.5, 0.6) is 5.75 Å². The van der Waals surface area contributed by atoms with Gasteiger partial charge < -0.3 is 14.8 Å². The molecule has 6 nitrogen and oxygen atoms in total. The number of hydrogen-bond acceptors (Lipinski definition) is 6. The summed E-state index contributed by atoms with van der Waals surface area (Å²) < 4.78 is 11.2. The molecule has 4 rings (SSSR count). The molecule has 0 aliphatic heterocycles. The van der Waals surface area contributed by atoms with E-state index in [0.29, 0.717) is 29.2 Å². The van der Waals surface area contributed by atoms with Gasteiger partial charge in [0.25, 0.3) is 0 Å². The summed E-state index contributed by atoms with van der Waals surface area (Å²) in [5.41, 5.74) is 4.11. The number of nitrogens with one attached hydrogen (secondary N) is 1. The Kier molecular flexibility index (Phi) is 8.07. The van der Waals surface area contributed by atoms with Crippen molar-refractivity contribution in [3.8, 4) is 28.1 Å². The summed E-state index contributed by atoms with van der Waals surface area (Å²) in [4.78, 5) is 13.3. The van der Waals surface area contributed by atoms with Gasteiger partial charge in [-0.2, -0.15) is 0 Å². The second kappa shape index (κ2) is 11.8. The van der Waals surface area contributed by atoms with Crippen molar-refractivity contribution in [1.29, 1.82) is 0 Å². The maximum Gasteiger partial charge on any atom is 0.342 e. The fourth-order valence-corrected chi connectivity index (χ4v) is 3.72. The smallest absolute Gasteiger partial charge is 0.342 e. The van der Waals surface area contributed by atoms with Gasteiger partial charge in [0.15, 0.2) is 5.82 Å². The minimum Gasteiger partial charge on any atom is -0.494 e. The van der Waals surface area contributed by atoms with Crippen molar-refractivity contribution in [2.45, 2.75) is 26.7 Å². The first-order valence-corrected chi connectivity index (χ1v) is 11.9. The number of anilines is 2. The molecule has 0 unspecified atom stereocenters. The Bertz CT molecular complexity index is 1240. The van der Waals surface area contributed by atoms with Gasteiger partial charge in [-0.3, -0.25) is 0 Å². The molecule has 4 aromatic rings. The number of aromatic nitrogens is 2. The fourth-order valence-electron chi connectivity index (χ4n) is 3.72. The predicted molar refractivity (Wildman–Crippen MR) is 139 cm³/mol. The Labute approximate surface area is 206 Å². The highest BCUT2D eigenvalue weighted by Gasteiger charge is 2.25. The molecule has 0 radical (unpaired) electrons. The second-order valence-corrected chi connectivity index (χ2v) is 7.95. The zero-order chi connectivity index (χ0) is 24.5. The van der Waals surface area contributed by atoms with Crippen molar-refractivity contribution in [1.82, 2.24) is 10.2 Å². The molecule has 1 heterocycles. The number of esters is 1. The Balaban J connectivity index is 1.80. The van der Waals surface area contributed by atoms with Crippen molar-refractivity contribution < 1.29 is 14.3 Å². The van der Waals surface area contributed by atoms with Crippen LogP contribution in [0.1, 0.15) is 37.0 Å². The largest absolute Gasteiger partial charge is 0.494 e. The van der Waals surface area contributed by atoms with Gasteiger partial charge in [-0.15, -0.1) is 10.2 Å². The molecule has 0 bridgehead atoms. The standard InChI is InChI=1S/C29H29N3O3/c1-3-5-20-35-24-18-16-23(17-19-24)30-28-26(29(33)34-4-2)25(21-12-8-6-9-13-21)27(31-32-28)22-14-10-7-11-15-22/h6-19H,3-5,20H2,1-2H3,(H,30,32). The van der Waals surface area contributed by atoms with Crippen molar-refractivity contribution >= 4 is 17.5 Å². The third-order valence-electron chi connectivity index (χ3n) is 5.45. The molecule has 1 aromatic heterocycles. The van der Waals surface area contributed by atoms with Crippen molar-refractivity contribution in [3.63, 3.8) is 0 Å². The monoisotopic (exact) mass is 467 g/mol. The maximum absolute atomic E-state index is 13.3. The number of carbonyl (C=O) groups excluding carboxylic acids is 1. The van der Waals surface area contributed by atoms with E-state index in [9.17, 15) is 4.79 Å². The molecule has 0 saturated heterocycles. The molecular weight excluding hydrogens is 438 g/mol. The van der Waals surface area contributed by atoms with E-state index in [1.807, 2.05) is 84.9 Å². The molecule has 0 aliphatic carbocycles. The third kappa shape index (κ3) is 5.84. The molecule has 178 valence electrons. The van der Waals surface area contributed by atoms with Gasteiger partial charge in [-0.1, -0.05) is 74.0 Å². The first-order valence-electron chi connectivity index (χ1n) is 11.9. The summed E-state index contributed by atoms with van der Waals surface area (Å²) in [7, 11) is 0. The molecule has 35 heavy (non-hydrogen) atoms. The van der Waals surface area contributed by atoms with Crippen LogP contribution >= 0.6 is 0 Å². The lowest BCUT2D eigenvalue weighted by Gasteiger charge is -2.17. The van der Waals surface area contributed by atoms with Crippen LogP contribution < -0.4 is 10.1 Å². The number of carbonyl (C=O) groups is 1. The fraction of sp³-hybridized carbons (Fsp3) is 0.207. The summed E-state index contributed by atoms with van der Waals surface area (Å²) in [6.07, 6.45) is 2.09. The van der Waals surface area contributed by atoms with Gasteiger partial charge in [0.1, 0.15) is 17.0 Å². The van der Waals surface area contributed by atoms with E-state index in [1.165, 1.54) is 0 Å². The number of ether oxygens (including phenoxy) is 2. The Morgan fingerprint density at radius 3 is 2.11 bits per heavy atom. The van der Waals surface area contributed by atoms with Gasteiger partial charge in [-0.05, 0) is 43.2 Å². The van der Waals surface area contributed by atoms with E-state index in [0.717, 1.165) is 35.4 Å². The number of benzene rings is 3. The normalized spacial score (nSPS) is 10.6. The van der Waals surface area contributed by atoms with Crippen LogP contribution in [-0.4, -0.2) is 29.4 Å². The number of unbranched alkanes of at least 4 members (excludes halogenated alkanes) is 1. The van der Waals surface area contributed by atoms with Crippen molar-refractivity contribution in [2.24, 2.45) is 0 Å². The SMILES string of the molecule is CCCCOc1ccc(Nc2nnc(-c3ccccc3)c(-c3ccccc3)c2C(=O)OCC)cc1. The molecule has 0 saturated carbocycles. The van der Waals surface area contributed by atoms with E-state index in [-0.39, 0.29) is 6.61 Å². The van der Waals surface area contributed by atoms with Crippen LogP contribution in [0, 0.1) is 0 Å². The average Bonchev–Trinajstić information content (AvgIpc) is 2.90. The lowest BCUT2D eigenvalue weighted by molar-refractivity contribution is 0.0528. The molecule has 0 amide bonds. The molecule has 3 aromatic carbocycles. The molecule has 6 heteroatoms. The predicted octanol–water partition coefficient (Wildman–Crippen LogP) is 6.91. The summed E-state index contributed by atoms with van der Waals surface area (Å²) in [6.45, 7) is 4.85. The highest BCUT2D eigenvalue weighted by molar-refractivity contribution is 6.05. The van der Waals surface area contributed by atoms with Gasteiger partial charge in [0.2, 0.25) is 0 Å². The Hall–Kier alpha value is -4.19. The summed E-state index contributed by atoms with van der Waals surface area (Å²) >= 11 is 0. The van der Waals surface area contributed by atoms with Crippen molar-refractivity contribution in [2.75, 3.05) is 18.5 Å². The van der Waals surface area contributed by atoms with Crippen LogP contribution in [0.3, 0.4) is 0 Å². The molecule has 0 atom stereocenters. The Morgan fingerprint density at radius 1 is 0.829 bits per heavy atom. The van der Waals surface area contributed by atoms with E-state index in [2.05, 4.69) is 22.4 Å². The molecule has 1 N–H and O–H groups in total. The van der Waals surface area contributed by atoms with Crippen LogP contribution in [0.2, 0.25) is 0 Å². The zero-order valence-corrected chi connectivity index (χ0v) is 20.0. The first-order chi connectivity index (χ1) is 17.2. The van der Waals surface area contributed by atoms with E-state index in [4.69, 9.17) is 9.47 Å². The maximum atomic E-state index is 13.3. The summed E-state index contributed by atoms with van der Waals surface area (Å²) in [5.74, 6) is 0.673. The summed E-state index contributed by atoms with van der Waals surface area (Å²) in [6, 6.07) is 27.0. The quantitative estimate of drug-likeness (QED) is 0.202. The Morgan fingerprint density at radius 2 is 1.49 bits per heavy atom. The average molecular weight is 468 g/mol. The lowest BCUT2D eigenvalue weighted by Crippen LogP contribution is -2.13. The van der Waals surface area contributed by atoms with Crippen LogP contribution in [0.15, 0.2) is 84.9 Å². The lowest BCUT2D eigenvalue weighted by atomic mass is 9.95. The highest BCUT2D eigenvalue weighted by Crippen LogP contribution is 2.37. The van der Waals surface area contributed by atoms with E-state index < -0.39 is 5.97 Å². The molecule has 0 fully saturated rings. The van der Waals surface area contributed by atoms with Crippen LogP contribution in [0.25, 0.3) is 22.4 Å². The molecule has 0 spiro atoms. The first kappa shape index (κ1) is 24.0. The number of rotatable bonds is 10. The minimum absolute atomic E-state index is 0.249. The second-order valence-electron chi connectivity index (χ2n) is 7.95. The van der Waals surface area contributed by atoms with Gasteiger partial charge >= 0.3 is 5.97 Å². The topological polar surface area (TPSA) is 73.3 Å². The molecule has 0 aliphatic rings. The van der Waals surface area contributed by atoms with E-state index >= 15 is 0 Å². The van der Waals surface area contributed by atoms with Gasteiger partial charge in [0, 0.05) is 16.8 Å². The van der Waals surface area contributed by atoms with Crippen LogP contribution in [0.4, 0.5) is 11.5 Å². The molecular formula is C29H29N3O3.